The Labute approximate surface area is 113 Å². The molecule has 0 aliphatic carbocycles. The van der Waals surface area contributed by atoms with Crippen molar-refractivity contribution < 1.29 is 9.53 Å². The van der Waals surface area contributed by atoms with Gasteiger partial charge in [-0.15, -0.1) is 0 Å². The van der Waals surface area contributed by atoms with Gasteiger partial charge in [-0.05, 0) is 36.7 Å². The second kappa shape index (κ2) is 15.5. The summed E-state index contributed by atoms with van der Waals surface area (Å²) >= 11 is 5.41. The number of hydrogen-bond donors (Lipinski definition) is 0. The zero-order valence-electron chi connectivity index (χ0n) is 10.9. The van der Waals surface area contributed by atoms with Gasteiger partial charge in [-0.2, -0.15) is 35.3 Å². The van der Waals surface area contributed by atoms with Crippen LogP contribution >= 0.6 is 35.3 Å². The minimum atomic E-state index is -0.101. The Morgan fingerprint density at radius 3 is 2.12 bits per heavy atom. The lowest BCUT2D eigenvalue weighted by atomic mass is 10.2. The first kappa shape index (κ1) is 18.9. The van der Waals surface area contributed by atoms with E-state index in [0.29, 0.717) is 11.7 Å². The Hall–Kier alpha value is 0.520. The molecule has 0 aromatic rings. The monoisotopic (exact) mass is 284 g/mol. The van der Waals surface area contributed by atoms with Crippen molar-refractivity contribution in [3.63, 3.8) is 0 Å². The van der Waals surface area contributed by atoms with Crippen molar-refractivity contribution in [2.24, 2.45) is 0 Å². The molecule has 0 aromatic heterocycles. The van der Waals surface area contributed by atoms with Gasteiger partial charge in [0.1, 0.15) is 0 Å². The molecule has 0 rings (SSSR count). The Balaban J connectivity index is 0. The fourth-order valence-corrected chi connectivity index (χ4v) is 2.15. The van der Waals surface area contributed by atoms with E-state index in [1.165, 1.54) is 12.9 Å². The smallest absolute Gasteiger partial charge is 0.306 e. The third-order valence-electron chi connectivity index (χ3n) is 1.89. The van der Waals surface area contributed by atoms with Crippen LogP contribution in [0.25, 0.3) is 0 Å². The number of thioether (sulfide) groups is 3. The topological polar surface area (TPSA) is 26.3 Å². The van der Waals surface area contributed by atoms with Gasteiger partial charge in [-0.3, -0.25) is 4.79 Å². The van der Waals surface area contributed by atoms with Gasteiger partial charge in [0.15, 0.2) is 0 Å². The van der Waals surface area contributed by atoms with Gasteiger partial charge in [0, 0.05) is 5.25 Å². The molecule has 0 heterocycles. The predicted molar refractivity (Wildman–Crippen MR) is 81.0 cm³/mol. The lowest BCUT2D eigenvalue weighted by molar-refractivity contribution is -0.140. The molecule has 0 saturated carbocycles. The second-order valence-electron chi connectivity index (χ2n) is 3.00. The molecular formula is C11H24O2S3. The number of carbonyl (C=O) groups excluding carboxylic acids is 1. The lowest BCUT2D eigenvalue weighted by Gasteiger charge is -2.11. The van der Waals surface area contributed by atoms with Crippen molar-refractivity contribution >= 4 is 41.3 Å². The van der Waals surface area contributed by atoms with Crippen LogP contribution in [0, 0.1) is 0 Å². The SMILES string of the molecule is CCSC.COC(=O)CC(CCSC)SC. The Kier molecular flexibility index (Phi) is 18.3. The molecule has 0 N–H and O–H groups in total. The van der Waals surface area contributed by atoms with Gasteiger partial charge in [-0.1, -0.05) is 6.92 Å². The Morgan fingerprint density at radius 1 is 1.25 bits per heavy atom. The molecule has 0 aromatic carbocycles. The van der Waals surface area contributed by atoms with E-state index < -0.39 is 0 Å². The summed E-state index contributed by atoms with van der Waals surface area (Å²) in [6.45, 7) is 2.14. The molecule has 0 radical (unpaired) electrons. The van der Waals surface area contributed by atoms with E-state index in [0.717, 1.165) is 12.2 Å². The minimum absolute atomic E-state index is 0.101. The summed E-state index contributed by atoms with van der Waals surface area (Å²) in [5.74, 6) is 2.25. The second-order valence-corrected chi connectivity index (χ2v) is 6.28. The Morgan fingerprint density at radius 2 is 1.81 bits per heavy atom. The molecular weight excluding hydrogens is 260 g/mol. The van der Waals surface area contributed by atoms with Crippen LogP contribution in [0.2, 0.25) is 0 Å². The summed E-state index contributed by atoms with van der Waals surface area (Å²) in [7, 11) is 1.44. The molecule has 0 spiro atoms. The maximum atomic E-state index is 10.9. The van der Waals surface area contributed by atoms with Crippen LogP contribution in [0.1, 0.15) is 19.8 Å². The molecule has 2 nitrogen and oxygen atoms in total. The first-order chi connectivity index (χ1) is 7.65. The summed E-state index contributed by atoms with van der Waals surface area (Å²) in [5, 5.41) is 0.421. The average Bonchev–Trinajstić information content (AvgIpc) is 2.34. The predicted octanol–water partition coefficient (Wildman–Crippen LogP) is 3.40. The summed E-state index contributed by atoms with van der Waals surface area (Å²) in [6, 6.07) is 0. The van der Waals surface area contributed by atoms with Gasteiger partial charge in [0.25, 0.3) is 0 Å². The van der Waals surface area contributed by atoms with Gasteiger partial charge in [-0.25, -0.2) is 0 Å². The molecule has 16 heavy (non-hydrogen) atoms. The molecule has 1 atom stereocenters. The van der Waals surface area contributed by atoms with E-state index in [2.05, 4.69) is 24.2 Å². The van der Waals surface area contributed by atoms with E-state index in [1.807, 2.05) is 29.8 Å². The summed E-state index contributed by atoms with van der Waals surface area (Å²) in [6.07, 6.45) is 7.83. The number of rotatable bonds is 7. The van der Waals surface area contributed by atoms with E-state index in [4.69, 9.17) is 0 Å². The zero-order chi connectivity index (χ0) is 12.8. The average molecular weight is 285 g/mol. The molecule has 0 saturated heterocycles. The van der Waals surface area contributed by atoms with Crippen LogP contribution in [0.4, 0.5) is 0 Å². The van der Waals surface area contributed by atoms with Crippen LogP contribution in [-0.4, -0.2) is 48.6 Å². The highest BCUT2D eigenvalue weighted by Crippen LogP contribution is 2.17. The highest BCUT2D eigenvalue weighted by Gasteiger charge is 2.11. The zero-order valence-corrected chi connectivity index (χ0v) is 13.4. The lowest BCUT2D eigenvalue weighted by Crippen LogP contribution is -2.12. The Bertz CT molecular complexity index is 152. The third kappa shape index (κ3) is 14.5. The van der Waals surface area contributed by atoms with Crippen molar-refractivity contribution in [1.82, 2.24) is 0 Å². The van der Waals surface area contributed by atoms with E-state index in [9.17, 15) is 4.79 Å². The first-order valence-electron chi connectivity index (χ1n) is 5.23. The molecule has 98 valence electrons. The minimum Gasteiger partial charge on any atom is -0.469 e. The van der Waals surface area contributed by atoms with Gasteiger partial charge in [0.05, 0.1) is 13.5 Å². The van der Waals surface area contributed by atoms with E-state index in [1.54, 1.807) is 11.8 Å². The molecule has 0 bridgehead atoms. The van der Waals surface area contributed by atoms with Crippen LogP contribution in [0.3, 0.4) is 0 Å². The maximum absolute atomic E-state index is 10.9. The highest BCUT2D eigenvalue weighted by atomic mass is 32.2. The van der Waals surface area contributed by atoms with Crippen LogP contribution in [0.5, 0.6) is 0 Å². The molecule has 0 fully saturated rings. The van der Waals surface area contributed by atoms with Crippen molar-refractivity contribution in [1.29, 1.82) is 0 Å². The number of esters is 1. The fourth-order valence-electron chi connectivity index (χ4n) is 0.822. The largest absolute Gasteiger partial charge is 0.469 e. The summed E-state index contributed by atoms with van der Waals surface area (Å²) in [5.41, 5.74) is 0. The highest BCUT2D eigenvalue weighted by molar-refractivity contribution is 7.99. The van der Waals surface area contributed by atoms with E-state index >= 15 is 0 Å². The molecule has 0 aliphatic heterocycles. The standard InChI is InChI=1S/C8H16O2S2.C3H8S/c1-10-8(9)6-7(12-3)4-5-11-2;1-3-4-2/h7H,4-6H2,1-3H3;3H2,1-2H3. The van der Waals surface area contributed by atoms with Crippen LogP contribution in [-0.2, 0) is 9.53 Å². The first-order valence-corrected chi connectivity index (χ1v) is 9.31. The van der Waals surface area contributed by atoms with Crippen LogP contribution < -0.4 is 0 Å². The quantitative estimate of drug-likeness (QED) is 0.668. The van der Waals surface area contributed by atoms with Gasteiger partial charge in [0.2, 0.25) is 0 Å². The van der Waals surface area contributed by atoms with Crippen molar-refractivity contribution in [3.8, 4) is 0 Å². The number of hydrogen-bond acceptors (Lipinski definition) is 5. The van der Waals surface area contributed by atoms with E-state index in [-0.39, 0.29) is 5.97 Å². The maximum Gasteiger partial charge on any atom is 0.306 e. The number of carbonyl (C=O) groups is 1. The normalized spacial score (nSPS) is 11.3. The number of ether oxygens (including phenoxy) is 1. The van der Waals surface area contributed by atoms with Gasteiger partial charge < -0.3 is 4.74 Å². The molecule has 1 unspecified atom stereocenters. The van der Waals surface area contributed by atoms with Crippen LogP contribution in [0.15, 0.2) is 0 Å². The molecule has 5 heteroatoms. The van der Waals surface area contributed by atoms with Crippen molar-refractivity contribution in [2.45, 2.75) is 25.0 Å². The molecule has 0 amide bonds. The third-order valence-corrected chi connectivity index (χ3v) is 4.18. The number of methoxy groups -OCH3 is 1. The van der Waals surface area contributed by atoms with Crippen molar-refractivity contribution in [3.05, 3.63) is 0 Å². The fraction of sp³-hybridized carbons (Fsp3) is 0.909. The molecule has 0 aliphatic rings. The summed E-state index contributed by atoms with van der Waals surface area (Å²) in [4.78, 5) is 10.9. The van der Waals surface area contributed by atoms with Crippen molar-refractivity contribution in [2.75, 3.05) is 37.4 Å². The van der Waals surface area contributed by atoms with Gasteiger partial charge >= 0.3 is 5.97 Å². The summed E-state index contributed by atoms with van der Waals surface area (Å²) < 4.78 is 4.60.